The van der Waals surface area contributed by atoms with E-state index in [0.29, 0.717) is 19.0 Å². The summed E-state index contributed by atoms with van der Waals surface area (Å²) in [5.41, 5.74) is -0.334. The van der Waals surface area contributed by atoms with E-state index >= 15 is 0 Å². The zero-order chi connectivity index (χ0) is 14.1. The van der Waals surface area contributed by atoms with E-state index in [-0.39, 0.29) is 10.4 Å². The smallest absolute Gasteiger partial charge is 0.246 e. The van der Waals surface area contributed by atoms with Crippen LogP contribution >= 0.6 is 0 Å². The summed E-state index contributed by atoms with van der Waals surface area (Å²) < 4.78 is 26.6. The average molecular weight is 284 g/mol. The Kier molecular flexibility index (Phi) is 3.78. The highest BCUT2D eigenvalue weighted by Crippen LogP contribution is 2.33. The van der Waals surface area contributed by atoms with Crippen LogP contribution in [0.25, 0.3) is 0 Å². The molecule has 0 amide bonds. The summed E-state index contributed by atoms with van der Waals surface area (Å²) in [4.78, 5) is 8.21. The molecule has 7 heteroatoms. The molecule has 106 valence electrons. The van der Waals surface area contributed by atoms with Gasteiger partial charge in [-0.15, -0.1) is 0 Å². The Morgan fingerprint density at radius 1 is 1.37 bits per heavy atom. The number of nitrogens with one attached hydrogen (secondary N) is 1. The van der Waals surface area contributed by atoms with E-state index in [1.807, 2.05) is 20.8 Å². The molecule has 1 aromatic heterocycles. The molecule has 0 bridgehead atoms. The molecule has 0 radical (unpaired) electrons. The molecule has 19 heavy (non-hydrogen) atoms. The molecule has 6 nitrogen and oxygen atoms in total. The van der Waals surface area contributed by atoms with Gasteiger partial charge in [0.1, 0.15) is 4.90 Å². The summed E-state index contributed by atoms with van der Waals surface area (Å²) in [6.45, 7) is 7.09. The van der Waals surface area contributed by atoms with Crippen molar-refractivity contribution in [2.24, 2.45) is 0 Å². The monoisotopic (exact) mass is 284 g/mol. The van der Waals surface area contributed by atoms with Gasteiger partial charge in [-0.05, 0) is 33.6 Å². The lowest BCUT2D eigenvalue weighted by molar-refractivity contribution is 0.291. The van der Waals surface area contributed by atoms with E-state index < -0.39 is 10.0 Å². The predicted octanol–water partition coefficient (Wildman–Crippen LogP) is 1.47. The predicted molar refractivity (Wildman–Crippen MR) is 73.4 cm³/mol. The first-order valence-electron chi connectivity index (χ1n) is 6.47. The Hall–Kier alpha value is -1.21. The molecule has 0 saturated carbocycles. The van der Waals surface area contributed by atoms with Crippen molar-refractivity contribution in [3.63, 3.8) is 0 Å². The number of rotatable bonds is 4. The van der Waals surface area contributed by atoms with Crippen LogP contribution in [0.1, 0.15) is 33.6 Å². The number of nitrogens with zero attached hydrogens (tertiary/aromatic N) is 3. The van der Waals surface area contributed by atoms with Crippen LogP contribution in [0.3, 0.4) is 0 Å². The van der Waals surface area contributed by atoms with Crippen LogP contribution in [0.2, 0.25) is 0 Å². The summed E-state index contributed by atoms with van der Waals surface area (Å²) in [6.07, 6.45) is 4.51. The molecule has 1 aromatic rings. The Labute approximate surface area is 114 Å². The van der Waals surface area contributed by atoms with Crippen LogP contribution in [0.15, 0.2) is 17.3 Å². The van der Waals surface area contributed by atoms with Gasteiger partial charge in [0.05, 0.1) is 12.4 Å². The van der Waals surface area contributed by atoms with Crippen molar-refractivity contribution in [2.75, 3.05) is 18.4 Å². The fraction of sp³-hybridized carbons (Fsp3) is 0.667. The first-order chi connectivity index (χ1) is 8.88. The van der Waals surface area contributed by atoms with Gasteiger partial charge in [-0.25, -0.2) is 18.4 Å². The minimum absolute atomic E-state index is 0.157. The van der Waals surface area contributed by atoms with Gasteiger partial charge in [-0.1, -0.05) is 0 Å². The normalized spacial score (nSPS) is 19.5. The van der Waals surface area contributed by atoms with E-state index in [2.05, 4.69) is 15.3 Å². The van der Waals surface area contributed by atoms with Crippen molar-refractivity contribution >= 4 is 16.0 Å². The van der Waals surface area contributed by atoms with Crippen molar-refractivity contribution in [1.29, 1.82) is 0 Å². The van der Waals surface area contributed by atoms with E-state index in [0.717, 1.165) is 12.8 Å². The molecule has 2 rings (SSSR count). The fourth-order valence-electron chi connectivity index (χ4n) is 2.35. The third-order valence-corrected chi connectivity index (χ3v) is 5.44. The van der Waals surface area contributed by atoms with Crippen molar-refractivity contribution < 1.29 is 8.42 Å². The first kappa shape index (κ1) is 14.2. The lowest BCUT2D eigenvalue weighted by Crippen LogP contribution is -2.42. The number of anilines is 1. The third-order valence-electron chi connectivity index (χ3n) is 3.38. The van der Waals surface area contributed by atoms with Crippen molar-refractivity contribution in [3.05, 3.63) is 12.4 Å². The second-order valence-electron chi connectivity index (χ2n) is 5.27. The van der Waals surface area contributed by atoms with Gasteiger partial charge in [0, 0.05) is 18.6 Å². The van der Waals surface area contributed by atoms with Crippen LogP contribution in [0.5, 0.6) is 0 Å². The topological polar surface area (TPSA) is 75.2 Å². The molecule has 0 aliphatic carbocycles. The lowest BCUT2D eigenvalue weighted by atomic mass is 10.0. The molecule has 0 atom stereocenters. The highest BCUT2D eigenvalue weighted by Gasteiger charge is 2.41. The minimum Gasteiger partial charge on any atom is -0.355 e. The van der Waals surface area contributed by atoms with Crippen LogP contribution in [-0.2, 0) is 10.0 Å². The van der Waals surface area contributed by atoms with Gasteiger partial charge in [0.25, 0.3) is 0 Å². The molecule has 0 spiro atoms. The molecule has 2 heterocycles. The number of sulfonamides is 1. The van der Waals surface area contributed by atoms with E-state index in [9.17, 15) is 8.42 Å². The van der Waals surface area contributed by atoms with E-state index in [1.54, 1.807) is 4.31 Å². The maximum atomic E-state index is 12.5. The molecule has 1 aliphatic rings. The molecule has 1 fully saturated rings. The summed E-state index contributed by atoms with van der Waals surface area (Å²) >= 11 is 0. The molecule has 1 saturated heterocycles. The summed E-state index contributed by atoms with van der Waals surface area (Å²) in [6, 6.07) is 0. The maximum Gasteiger partial charge on any atom is 0.246 e. The minimum atomic E-state index is -3.50. The Balaban J connectivity index is 2.29. The second-order valence-corrected chi connectivity index (χ2v) is 7.13. The fourth-order valence-corrected chi connectivity index (χ4v) is 4.09. The quantitative estimate of drug-likeness (QED) is 0.906. The van der Waals surface area contributed by atoms with Gasteiger partial charge in [-0.2, -0.15) is 4.31 Å². The Bertz CT molecular complexity index is 539. The largest absolute Gasteiger partial charge is 0.355 e. The van der Waals surface area contributed by atoms with E-state index in [1.165, 1.54) is 12.4 Å². The molecule has 1 N–H and O–H groups in total. The third kappa shape index (κ3) is 2.71. The first-order valence-corrected chi connectivity index (χ1v) is 7.91. The van der Waals surface area contributed by atoms with Crippen molar-refractivity contribution in [3.8, 4) is 0 Å². The number of aromatic nitrogens is 2. The summed E-state index contributed by atoms with van der Waals surface area (Å²) in [5.74, 6) is 0.446. The van der Waals surface area contributed by atoms with Crippen molar-refractivity contribution in [2.45, 2.75) is 44.0 Å². The van der Waals surface area contributed by atoms with Gasteiger partial charge in [0.15, 0.2) is 0 Å². The number of hydrogen-bond acceptors (Lipinski definition) is 5. The van der Waals surface area contributed by atoms with Gasteiger partial charge < -0.3 is 5.32 Å². The SMILES string of the molecule is CCNc1ncc(S(=O)(=O)N2CCCC2(C)C)cn1. The Morgan fingerprint density at radius 3 is 2.47 bits per heavy atom. The van der Waals surface area contributed by atoms with Gasteiger partial charge in [0.2, 0.25) is 16.0 Å². The number of hydrogen-bond donors (Lipinski definition) is 1. The molecule has 0 unspecified atom stereocenters. The highest BCUT2D eigenvalue weighted by molar-refractivity contribution is 7.89. The molecule has 0 aromatic carbocycles. The van der Waals surface area contributed by atoms with Gasteiger partial charge >= 0.3 is 0 Å². The maximum absolute atomic E-state index is 12.5. The van der Waals surface area contributed by atoms with Crippen LogP contribution in [0.4, 0.5) is 5.95 Å². The molecular formula is C12H20N4O2S. The zero-order valence-electron chi connectivity index (χ0n) is 11.5. The lowest BCUT2D eigenvalue weighted by Gasteiger charge is -2.30. The molecule has 1 aliphatic heterocycles. The average Bonchev–Trinajstić information content (AvgIpc) is 2.71. The molecular weight excluding hydrogens is 264 g/mol. The summed E-state index contributed by atoms with van der Waals surface area (Å²) in [5, 5.41) is 2.94. The van der Waals surface area contributed by atoms with Gasteiger partial charge in [-0.3, -0.25) is 0 Å². The Morgan fingerprint density at radius 2 is 2.00 bits per heavy atom. The van der Waals surface area contributed by atoms with E-state index in [4.69, 9.17) is 0 Å². The second kappa shape index (κ2) is 5.05. The van der Waals surface area contributed by atoms with Crippen LogP contribution in [0, 0.1) is 0 Å². The summed E-state index contributed by atoms with van der Waals surface area (Å²) in [7, 11) is -3.50. The standard InChI is InChI=1S/C12H20N4O2S/c1-4-13-11-14-8-10(9-15-11)19(17,18)16-7-5-6-12(16,2)3/h8-9H,4-7H2,1-3H3,(H,13,14,15). The zero-order valence-corrected chi connectivity index (χ0v) is 12.4. The highest BCUT2D eigenvalue weighted by atomic mass is 32.2. The van der Waals surface area contributed by atoms with Crippen LogP contribution in [-0.4, -0.2) is 41.3 Å². The van der Waals surface area contributed by atoms with Crippen molar-refractivity contribution in [1.82, 2.24) is 14.3 Å². The van der Waals surface area contributed by atoms with Crippen LogP contribution < -0.4 is 5.32 Å².